The maximum atomic E-state index is 13.4. The molecule has 0 saturated heterocycles. The Morgan fingerprint density at radius 2 is 2.14 bits per heavy atom. The first kappa shape index (κ1) is 11.0. The van der Waals surface area contributed by atoms with Crippen molar-refractivity contribution in [2.75, 3.05) is 13.7 Å². The number of hydrogen-bond donors (Lipinski definition) is 1. The molecule has 0 heterocycles. The molecule has 1 aromatic carbocycles. The minimum Gasteiger partial charge on any atom is -0.494 e. The minimum absolute atomic E-state index is 0.176. The lowest BCUT2D eigenvalue weighted by Gasteiger charge is -2.14. The van der Waals surface area contributed by atoms with Crippen LogP contribution in [0.25, 0.3) is 0 Å². The van der Waals surface area contributed by atoms with Crippen molar-refractivity contribution in [3.63, 3.8) is 0 Å². The van der Waals surface area contributed by atoms with Crippen molar-refractivity contribution < 1.29 is 9.13 Å². The smallest absolute Gasteiger partial charge is 0.165 e. The van der Waals surface area contributed by atoms with Gasteiger partial charge in [-0.15, -0.1) is 0 Å². The van der Waals surface area contributed by atoms with Gasteiger partial charge < -0.3 is 10.5 Å². The van der Waals surface area contributed by atoms with Crippen LogP contribution in [0.3, 0.4) is 0 Å². The molecule has 14 heavy (non-hydrogen) atoms. The molecular formula is C11H16FNO. The quantitative estimate of drug-likeness (QED) is 0.806. The number of benzene rings is 1. The Morgan fingerprint density at radius 3 is 2.64 bits per heavy atom. The maximum Gasteiger partial charge on any atom is 0.165 e. The van der Waals surface area contributed by atoms with Gasteiger partial charge in [0.25, 0.3) is 0 Å². The first-order valence-electron chi connectivity index (χ1n) is 4.64. The molecule has 1 aromatic rings. The van der Waals surface area contributed by atoms with E-state index < -0.39 is 0 Å². The van der Waals surface area contributed by atoms with Gasteiger partial charge in [0, 0.05) is 0 Å². The summed E-state index contributed by atoms with van der Waals surface area (Å²) in [6, 6.07) is 3.21. The lowest BCUT2D eigenvalue weighted by molar-refractivity contribution is 0.385. The second-order valence-electron chi connectivity index (χ2n) is 3.48. The van der Waals surface area contributed by atoms with Gasteiger partial charge in [0.05, 0.1) is 7.11 Å². The van der Waals surface area contributed by atoms with Gasteiger partial charge in [-0.2, -0.15) is 0 Å². The fraction of sp³-hybridized carbons (Fsp3) is 0.455. The molecule has 0 fully saturated rings. The van der Waals surface area contributed by atoms with Crippen LogP contribution in [0, 0.1) is 12.7 Å². The number of rotatable bonds is 3. The van der Waals surface area contributed by atoms with E-state index in [4.69, 9.17) is 10.5 Å². The fourth-order valence-corrected chi connectivity index (χ4v) is 1.48. The molecule has 0 saturated carbocycles. The molecule has 3 heteroatoms. The summed E-state index contributed by atoms with van der Waals surface area (Å²) in [6.45, 7) is 4.43. The summed E-state index contributed by atoms with van der Waals surface area (Å²) in [7, 11) is 1.46. The summed E-state index contributed by atoms with van der Waals surface area (Å²) in [5, 5.41) is 0. The molecule has 1 rings (SSSR count). The van der Waals surface area contributed by atoms with E-state index in [1.54, 1.807) is 6.07 Å². The Labute approximate surface area is 83.9 Å². The maximum absolute atomic E-state index is 13.4. The molecule has 0 aliphatic rings. The molecule has 0 spiro atoms. The fourth-order valence-electron chi connectivity index (χ4n) is 1.48. The number of ether oxygens (including phenoxy) is 1. The topological polar surface area (TPSA) is 35.2 Å². The van der Waals surface area contributed by atoms with E-state index in [1.807, 2.05) is 13.8 Å². The van der Waals surface area contributed by atoms with E-state index in [1.165, 1.54) is 13.2 Å². The monoisotopic (exact) mass is 197 g/mol. The zero-order chi connectivity index (χ0) is 10.7. The highest BCUT2D eigenvalue weighted by Crippen LogP contribution is 2.26. The van der Waals surface area contributed by atoms with Crippen molar-refractivity contribution in [1.29, 1.82) is 0 Å². The van der Waals surface area contributed by atoms with Crippen LogP contribution < -0.4 is 10.5 Å². The van der Waals surface area contributed by atoms with E-state index in [0.717, 1.165) is 11.1 Å². The molecule has 0 aliphatic carbocycles. The van der Waals surface area contributed by atoms with Gasteiger partial charge >= 0.3 is 0 Å². The normalized spacial score (nSPS) is 12.6. The Hall–Kier alpha value is -1.09. The number of hydrogen-bond acceptors (Lipinski definition) is 2. The molecule has 1 atom stereocenters. The zero-order valence-electron chi connectivity index (χ0n) is 8.80. The SMILES string of the molecule is COc1cc(C)c(C(C)CN)cc1F. The molecule has 0 radical (unpaired) electrons. The highest BCUT2D eigenvalue weighted by molar-refractivity contribution is 5.38. The highest BCUT2D eigenvalue weighted by Gasteiger charge is 2.11. The van der Waals surface area contributed by atoms with Crippen molar-refractivity contribution >= 4 is 0 Å². The minimum atomic E-state index is -0.326. The first-order valence-corrected chi connectivity index (χ1v) is 4.64. The number of aryl methyl sites for hydroxylation is 1. The van der Waals surface area contributed by atoms with Crippen molar-refractivity contribution in [2.45, 2.75) is 19.8 Å². The van der Waals surface area contributed by atoms with Crippen LogP contribution in [0.5, 0.6) is 5.75 Å². The zero-order valence-corrected chi connectivity index (χ0v) is 8.80. The van der Waals surface area contributed by atoms with Crippen LogP contribution in [0.15, 0.2) is 12.1 Å². The van der Waals surface area contributed by atoms with Crippen LogP contribution in [-0.2, 0) is 0 Å². The van der Waals surface area contributed by atoms with E-state index in [0.29, 0.717) is 6.54 Å². The summed E-state index contributed by atoms with van der Waals surface area (Å²) < 4.78 is 18.2. The Kier molecular flexibility index (Phi) is 3.47. The lowest BCUT2D eigenvalue weighted by Crippen LogP contribution is -2.10. The van der Waals surface area contributed by atoms with Crippen LogP contribution in [0.4, 0.5) is 4.39 Å². The van der Waals surface area contributed by atoms with E-state index in [9.17, 15) is 4.39 Å². The predicted octanol–water partition coefficient (Wildman–Crippen LogP) is 2.20. The van der Waals surface area contributed by atoms with Gasteiger partial charge in [0.15, 0.2) is 11.6 Å². The molecule has 0 aromatic heterocycles. The van der Waals surface area contributed by atoms with E-state index >= 15 is 0 Å². The van der Waals surface area contributed by atoms with Crippen molar-refractivity contribution in [2.24, 2.45) is 5.73 Å². The van der Waals surface area contributed by atoms with Crippen LogP contribution in [-0.4, -0.2) is 13.7 Å². The number of methoxy groups -OCH3 is 1. The Balaban J connectivity index is 3.14. The Bertz CT molecular complexity index is 325. The van der Waals surface area contributed by atoms with Crippen molar-refractivity contribution in [3.05, 3.63) is 29.1 Å². The number of halogens is 1. The summed E-state index contributed by atoms with van der Waals surface area (Å²) in [4.78, 5) is 0. The molecule has 0 amide bonds. The molecule has 2 N–H and O–H groups in total. The second-order valence-corrected chi connectivity index (χ2v) is 3.48. The largest absolute Gasteiger partial charge is 0.494 e. The standard InChI is InChI=1S/C11H16FNO/c1-7-4-11(14-3)10(12)5-9(7)8(2)6-13/h4-5,8H,6,13H2,1-3H3. The Morgan fingerprint density at radius 1 is 1.50 bits per heavy atom. The van der Waals surface area contributed by atoms with Crippen molar-refractivity contribution in [1.82, 2.24) is 0 Å². The third-order valence-electron chi connectivity index (χ3n) is 2.42. The lowest BCUT2D eigenvalue weighted by atomic mass is 9.96. The summed E-state index contributed by atoms with van der Waals surface area (Å²) in [6.07, 6.45) is 0. The molecule has 1 unspecified atom stereocenters. The van der Waals surface area contributed by atoms with E-state index in [2.05, 4.69) is 0 Å². The molecule has 0 bridgehead atoms. The molecule has 78 valence electrons. The molecule has 0 aliphatic heterocycles. The van der Waals surface area contributed by atoms with Crippen LogP contribution in [0.1, 0.15) is 24.0 Å². The van der Waals surface area contributed by atoms with Crippen molar-refractivity contribution in [3.8, 4) is 5.75 Å². The second kappa shape index (κ2) is 4.42. The van der Waals surface area contributed by atoms with Gasteiger partial charge in [0.2, 0.25) is 0 Å². The first-order chi connectivity index (χ1) is 6.60. The van der Waals surface area contributed by atoms with Gasteiger partial charge in [-0.25, -0.2) is 4.39 Å². The average Bonchev–Trinajstić information content (AvgIpc) is 2.19. The molecule has 2 nitrogen and oxygen atoms in total. The third-order valence-corrected chi connectivity index (χ3v) is 2.42. The average molecular weight is 197 g/mol. The van der Waals surface area contributed by atoms with Gasteiger partial charge in [-0.05, 0) is 42.6 Å². The predicted molar refractivity (Wildman–Crippen MR) is 55.2 cm³/mol. The summed E-state index contributed by atoms with van der Waals surface area (Å²) in [5.41, 5.74) is 7.50. The van der Waals surface area contributed by atoms with Gasteiger partial charge in [0.1, 0.15) is 0 Å². The highest BCUT2D eigenvalue weighted by atomic mass is 19.1. The van der Waals surface area contributed by atoms with E-state index in [-0.39, 0.29) is 17.5 Å². The van der Waals surface area contributed by atoms with Gasteiger partial charge in [-0.3, -0.25) is 0 Å². The number of nitrogens with two attached hydrogens (primary N) is 1. The van der Waals surface area contributed by atoms with Gasteiger partial charge in [-0.1, -0.05) is 6.92 Å². The van der Waals surface area contributed by atoms with Crippen LogP contribution in [0.2, 0.25) is 0 Å². The molecular weight excluding hydrogens is 181 g/mol. The summed E-state index contributed by atoms with van der Waals surface area (Å²) >= 11 is 0. The van der Waals surface area contributed by atoms with Crippen LogP contribution >= 0.6 is 0 Å². The third kappa shape index (κ3) is 2.04. The summed E-state index contributed by atoms with van der Waals surface area (Å²) in [5.74, 6) is 0.138.